The van der Waals surface area contributed by atoms with Crippen LogP contribution in [0.2, 0.25) is 5.02 Å². The molecule has 1 rings (SSSR count). The van der Waals surface area contributed by atoms with Crippen LogP contribution in [0.5, 0.6) is 0 Å². The molecule has 0 fully saturated rings. The van der Waals surface area contributed by atoms with Gasteiger partial charge in [-0.05, 0) is 24.1 Å². The number of carbonyl (C=O) groups is 1. The van der Waals surface area contributed by atoms with Gasteiger partial charge in [-0.3, -0.25) is 0 Å². The number of rotatable bonds is 7. The van der Waals surface area contributed by atoms with E-state index in [-0.39, 0.29) is 5.56 Å². The van der Waals surface area contributed by atoms with E-state index in [1.54, 1.807) is 12.1 Å². The van der Waals surface area contributed by atoms with Crippen molar-refractivity contribution in [1.29, 1.82) is 0 Å². The molecule has 4 nitrogen and oxygen atoms in total. The molecule has 0 bridgehead atoms. The van der Waals surface area contributed by atoms with Crippen molar-refractivity contribution in [2.24, 2.45) is 5.92 Å². The lowest BCUT2D eigenvalue weighted by Gasteiger charge is -2.11. The molecular formula is C13H18ClNO3. The number of ether oxygens (including phenoxy) is 1. The molecule has 0 atom stereocenters. The SMILES string of the molecule is CC(C)COCCNc1ccc(Cl)cc1C(=O)O. The third kappa shape index (κ3) is 4.94. The Morgan fingerprint density at radius 3 is 2.83 bits per heavy atom. The van der Waals surface area contributed by atoms with Crippen LogP contribution in [0.25, 0.3) is 0 Å². The predicted octanol–water partition coefficient (Wildman–Crippen LogP) is 3.12. The molecule has 0 heterocycles. The van der Waals surface area contributed by atoms with Crippen LogP contribution in [0.15, 0.2) is 18.2 Å². The molecule has 5 heteroatoms. The molecule has 0 unspecified atom stereocenters. The molecule has 0 amide bonds. The number of halogens is 1. The molecule has 0 saturated carbocycles. The number of carboxylic acids is 1. The summed E-state index contributed by atoms with van der Waals surface area (Å²) in [5.74, 6) is -0.502. The number of nitrogens with one attached hydrogen (secondary N) is 1. The van der Waals surface area contributed by atoms with Gasteiger partial charge < -0.3 is 15.2 Å². The van der Waals surface area contributed by atoms with E-state index in [0.29, 0.717) is 36.4 Å². The van der Waals surface area contributed by atoms with E-state index in [1.807, 2.05) is 0 Å². The van der Waals surface area contributed by atoms with E-state index in [2.05, 4.69) is 19.2 Å². The lowest BCUT2D eigenvalue weighted by Crippen LogP contribution is -2.14. The maximum Gasteiger partial charge on any atom is 0.337 e. The highest BCUT2D eigenvalue weighted by atomic mass is 35.5. The number of benzene rings is 1. The first-order valence-corrected chi connectivity index (χ1v) is 6.23. The van der Waals surface area contributed by atoms with E-state index < -0.39 is 5.97 Å². The molecule has 0 radical (unpaired) electrons. The van der Waals surface area contributed by atoms with Crippen LogP contribution in [-0.2, 0) is 4.74 Å². The van der Waals surface area contributed by atoms with Gasteiger partial charge >= 0.3 is 5.97 Å². The van der Waals surface area contributed by atoms with Gasteiger partial charge in [-0.1, -0.05) is 25.4 Å². The molecule has 0 aliphatic rings. The van der Waals surface area contributed by atoms with Gasteiger partial charge in [0.1, 0.15) is 0 Å². The van der Waals surface area contributed by atoms with Gasteiger partial charge in [0.2, 0.25) is 0 Å². The number of anilines is 1. The highest BCUT2D eigenvalue weighted by Crippen LogP contribution is 2.20. The Balaban J connectivity index is 2.49. The van der Waals surface area contributed by atoms with Crippen molar-refractivity contribution in [3.8, 4) is 0 Å². The minimum atomic E-state index is -0.997. The maximum atomic E-state index is 11.0. The van der Waals surface area contributed by atoms with Gasteiger partial charge in [-0.15, -0.1) is 0 Å². The lowest BCUT2D eigenvalue weighted by molar-refractivity contribution is 0.0697. The third-order valence-corrected chi connectivity index (χ3v) is 2.46. The number of hydrogen-bond donors (Lipinski definition) is 2. The van der Waals surface area contributed by atoms with Gasteiger partial charge in [0.25, 0.3) is 0 Å². The third-order valence-electron chi connectivity index (χ3n) is 2.23. The number of hydrogen-bond acceptors (Lipinski definition) is 3. The Labute approximate surface area is 112 Å². The first kappa shape index (κ1) is 14.8. The summed E-state index contributed by atoms with van der Waals surface area (Å²) in [6.07, 6.45) is 0. The van der Waals surface area contributed by atoms with Crippen molar-refractivity contribution >= 4 is 23.3 Å². The molecular weight excluding hydrogens is 254 g/mol. The zero-order valence-corrected chi connectivity index (χ0v) is 11.3. The zero-order valence-electron chi connectivity index (χ0n) is 10.6. The molecule has 100 valence electrons. The quantitative estimate of drug-likeness (QED) is 0.748. The topological polar surface area (TPSA) is 58.6 Å². The van der Waals surface area contributed by atoms with E-state index in [0.717, 1.165) is 0 Å². The molecule has 2 N–H and O–H groups in total. The monoisotopic (exact) mass is 271 g/mol. The van der Waals surface area contributed by atoms with Crippen LogP contribution in [0.1, 0.15) is 24.2 Å². The zero-order chi connectivity index (χ0) is 13.5. The second kappa shape index (κ2) is 7.24. The lowest BCUT2D eigenvalue weighted by atomic mass is 10.2. The van der Waals surface area contributed by atoms with Crippen LogP contribution in [-0.4, -0.2) is 30.8 Å². The highest BCUT2D eigenvalue weighted by Gasteiger charge is 2.10. The molecule has 1 aromatic carbocycles. The van der Waals surface area contributed by atoms with Gasteiger partial charge in [-0.25, -0.2) is 4.79 Å². The van der Waals surface area contributed by atoms with Crippen LogP contribution in [0.3, 0.4) is 0 Å². The van der Waals surface area contributed by atoms with Gasteiger partial charge in [0, 0.05) is 23.9 Å². The van der Waals surface area contributed by atoms with Crippen molar-refractivity contribution in [2.45, 2.75) is 13.8 Å². The molecule has 0 aromatic heterocycles. The average Bonchev–Trinajstić information content (AvgIpc) is 2.29. The Bertz CT molecular complexity index is 407. The van der Waals surface area contributed by atoms with E-state index in [4.69, 9.17) is 21.4 Å². The summed E-state index contributed by atoms with van der Waals surface area (Å²) in [6, 6.07) is 4.75. The first-order valence-electron chi connectivity index (χ1n) is 5.85. The molecule has 0 saturated heterocycles. The van der Waals surface area contributed by atoms with Crippen molar-refractivity contribution in [3.63, 3.8) is 0 Å². The van der Waals surface area contributed by atoms with Crippen molar-refractivity contribution in [3.05, 3.63) is 28.8 Å². The fourth-order valence-corrected chi connectivity index (χ4v) is 1.60. The van der Waals surface area contributed by atoms with Crippen LogP contribution in [0, 0.1) is 5.92 Å². The Kier molecular flexibility index (Phi) is 5.95. The summed E-state index contributed by atoms with van der Waals surface area (Å²) in [7, 11) is 0. The number of carboxylic acid groups (broad SMARTS) is 1. The molecule has 0 spiro atoms. The summed E-state index contributed by atoms with van der Waals surface area (Å²) in [6.45, 7) is 5.97. The van der Waals surface area contributed by atoms with Gasteiger partial charge in [0.05, 0.1) is 12.2 Å². The van der Waals surface area contributed by atoms with E-state index in [9.17, 15) is 4.79 Å². The summed E-state index contributed by atoms with van der Waals surface area (Å²) >= 11 is 5.76. The minimum absolute atomic E-state index is 0.173. The number of aromatic carboxylic acids is 1. The second-order valence-electron chi connectivity index (χ2n) is 4.39. The molecule has 0 aliphatic carbocycles. The Hall–Kier alpha value is -1.26. The maximum absolute atomic E-state index is 11.0. The minimum Gasteiger partial charge on any atom is -0.478 e. The van der Waals surface area contributed by atoms with Crippen LogP contribution < -0.4 is 5.32 Å². The van der Waals surface area contributed by atoms with Crippen molar-refractivity contribution in [2.75, 3.05) is 25.1 Å². The first-order chi connectivity index (χ1) is 8.50. The predicted molar refractivity (Wildman–Crippen MR) is 72.6 cm³/mol. The largest absolute Gasteiger partial charge is 0.478 e. The second-order valence-corrected chi connectivity index (χ2v) is 4.83. The van der Waals surface area contributed by atoms with Gasteiger partial charge in [-0.2, -0.15) is 0 Å². The standard InChI is InChI=1S/C13H18ClNO3/c1-9(2)8-18-6-5-15-12-4-3-10(14)7-11(12)13(16)17/h3-4,7,9,15H,5-6,8H2,1-2H3,(H,16,17). The molecule has 1 aromatic rings. The van der Waals surface area contributed by atoms with Crippen molar-refractivity contribution in [1.82, 2.24) is 0 Å². The van der Waals surface area contributed by atoms with Crippen LogP contribution >= 0.6 is 11.6 Å². The fraction of sp³-hybridized carbons (Fsp3) is 0.462. The normalized spacial score (nSPS) is 10.7. The Morgan fingerprint density at radius 1 is 1.50 bits per heavy atom. The summed E-state index contributed by atoms with van der Waals surface area (Å²) in [5.41, 5.74) is 0.728. The summed E-state index contributed by atoms with van der Waals surface area (Å²) in [4.78, 5) is 11.0. The van der Waals surface area contributed by atoms with Gasteiger partial charge in [0.15, 0.2) is 0 Å². The van der Waals surface area contributed by atoms with Crippen LogP contribution in [0.4, 0.5) is 5.69 Å². The highest BCUT2D eigenvalue weighted by molar-refractivity contribution is 6.31. The summed E-state index contributed by atoms with van der Waals surface area (Å²) < 4.78 is 5.40. The van der Waals surface area contributed by atoms with E-state index in [1.165, 1.54) is 6.07 Å². The van der Waals surface area contributed by atoms with Crippen molar-refractivity contribution < 1.29 is 14.6 Å². The molecule has 18 heavy (non-hydrogen) atoms. The molecule has 0 aliphatic heterocycles. The fourth-order valence-electron chi connectivity index (χ4n) is 1.42. The van der Waals surface area contributed by atoms with E-state index >= 15 is 0 Å². The summed E-state index contributed by atoms with van der Waals surface area (Å²) in [5, 5.41) is 12.5. The smallest absolute Gasteiger partial charge is 0.337 e. The Morgan fingerprint density at radius 2 is 2.22 bits per heavy atom. The average molecular weight is 272 g/mol.